The van der Waals surface area contributed by atoms with Crippen LogP contribution in [0.3, 0.4) is 0 Å². The van der Waals surface area contributed by atoms with Gasteiger partial charge in [-0.2, -0.15) is 0 Å². The van der Waals surface area contributed by atoms with Crippen LogP contribution in [0.2, 0.25) is 0 Å². The predicted octanol–water partition coefficient (Wildman–Crippen LogP) is 2.95. The van der Waals surface area contributed by atoms with Crippen LogP contribution in [0, 0.1) is 11.8 Å². The molecule has 0 radical (unpaired) electrons. The van der Waals surface area contributed by atoms with Crippen molar-refractivity contribution in [3.05, 3.63) is 36.5 Å². The first-order valence-corrected chi connectivity index (χ1v) is 11.8. The fourth-order valence-corrected chi connectivity index (χ4v) is 4.06. The molecule has 11 heteroatoms. The summed E-state index contributed by atoms with van der Waals surface area (Å²) in [6.45, 7) is 6.23. The average Bonchev–Trinajstić information content (AvgIpc) is 3.28. The van der Waals surface area contributed by atoms with Crippen LogP contribution in [0.4, 0.5) is 0 Å². The van der Waals surface area contributed by atoms with Gasteiger partial charge in [0.25, 0.3) is 0 Å². The van der Waals surface area contributed by atoms with Crippen molar-refractivity contribution < 1.29 is 28.6 Å². The van der Waals surface area contributed by atoms with Crippen molar-refractivity contribution in [3.8, 4) is 11.3 Å². The van der Waals surface area contributed by atoms with Crippen molar-refractivity contribution in [2.24, 2.45) is 11.8 Å². The predicted molar refractivity (Wildman–Crippen MR) is 126 cm³/mol. The molecule has 3 unspecified atom stereocenters. The fourth-order valence-electron chi connectivity index (χ4n) is 3.96. The minimum absolute atomic E-state index is 0.00112. The van der Waals surface area contributed by atoms with Gasteiger partial charge in [0.2, 0.25) is 0 Å². The van der Waals surface area contributed by atoms with Gasteiger partial charge >= 0.3 is 11.9 Å². The molecule has 0 aliphatic carbocycles. The molecule has 0 saturated carbocycles. The molecule has 1 saturated heterocycles. The summed E-state index contributed by atoms with van der Waals surface area (Å²) in [7, 11) is 0. The molecule has 1 aromatic heterocycles. The second kappa shape index (κ2) is 12.8. The van der Waals surface area contributed by atoms with Crippen LogP contribution in [0.25, 0.3) is 11.3 Å². The number of hydrogen-bond donors (Lipinski definition) is 2. The lowest BCUT2D eigenvalue weighted by molar-refractivity contribution is -0.269. The van der Waals surface area contributed by atoms with Crippen molar-refractivity contribution in [1.82, 2.24) is 19.9 Å². The zero-order chi connectivity index (χ0) is 24.5. The zero-order valence-electron chi connectivity index (χ0n) is 19.6. The minimum atomic E-state index is -0.477. The van der Waals surface area contributed by atoms with Crippen LogP contribution in [-0.2, 0) is 35.2 Å². The van der Waals surface area contributed by atoms with E-state index in [0.717, 1.165) is 11.3 Å². The Bertz CT molecular complexity index is 927. The van der Waals surface area contributed by atoms with Gasteiger partial charge < -0.3 is 19.0 Å². The van der Waals surface area contributed by atoms with Crippen molar-refractivity contribution in [2.75, 3.05) is 6.61 Å². The lowest BCUT2D eigenvalue weighted by Gasteiger charge is -2.43. The Labute approximate surface area is 204 Å². The highest BCUT2D eigenvalue weighted by Crippen LogP contribution is 2.34. The number of thiol groups is 1. The highest BCUT2D eigenvalue weighted by Gasteiger charge is 2.44. The van der Waals surface area contributed by atoms with Gasteiger partial charge in [0.1, 0.15) is 17.9 Å². The third kappa shape index (κ3) is 7.26. The Kier molecular flexibility index (Phi) is 9.87. The number of nitrogens with zero attached hydrogens (tertiary/aromatic N) is 3. The van der Waals surface area contributed by atoms with Crippen molar-refractivity contribution >= 4 is 24.8 Å². The topological polar surface area (TPSA) is 114 Å². The average molecular weight is 493 g/mol. The van der Waals surface area contributed by atoms with Gasteiger partial charge in [-0.3, -0.25) is 9.59 Å². The summed E-state index contributed by atoms with van der Waals surface area (Å²) < 4.78 is 19.6. The van der Waals surface area contributed by atoms with Crippen molar-refractivity contribution in [1.29, 1.82) is 0 Å². The van der Waals surface area contributed by atoms with Crippen LogP contribution in [0.15, 0.2) is 36.5 Å². The highest BCUT2D eigenvalue weighted by atomic mass is 32.1. The maximum Gasteiger partial charge on any atom is 0.325 e. The molecule has 1 aromatic carbocycles. The molecule has 2 aromatic rings. The Morgan fingerprint density at radius 3 is 2.65 bits per heavy atom. The molecular formula is C23H32N4O6S. The summed E-state index contributed by atoms with van der Waals surface area (Å²) in [6.07, 6.45) is 2.02. The summed E-state index contributed by atoms with van der Waals surface area (Å²) in [5.41, 5.74) is 1.72. The number of aromatic nitrogens is 3. The molecule has 1 aliphatic rings. The van der Waals surface area contributed by atoms with Gasteiger partial charge in [0.05, 0.1) is 12.7 Å². The molecule has 2 heterocycles. The standard InChI is InChI=1S/C23H32N4O6S/c1-15-16(2)23(30-12-8-7-11-21(29)33-26-34)32-20(22(15)31-17(3)28)14-27-13-19(24-25-27)18-9-5-4-6-10-18/h4-6,9-10,13,15-16,20,22-23,26,34H,7-8,11-12,14H2,1-3H3/t15-,16?,20?,22-,23?/m1/s1. The summed E-state index contributed by atoms with van der Waals surface area (Å²) >= 11 is 3.63. The smallest absolute Gasteiger partial charge is 0.325 e. The number of carbonyl (C=O) groups is 2. The van der Waals surface area contributed by atoms with Gasteiger partial charge in [0.15, 0.2) is 6.29 Å². The Balaban J connectivity index is 1.62. The lowest BCUT2D eigenvalue weighted by atomic mass is 9.84. The van der Waals surface area contributed by atoms with Gasteiger partial charge in [-0.05, 0) is 12.8 Å². The normalized spacial score (nSPS) is 24.5. The molecule has 0 spiro atoms. The molecular weight excluding hydrogens is 460 g/mol. The zero-order valence-corrected chi connectivity index (χ0v) is 20.5. The van der Waals surface area contributed by atoms with Crippen LogP contribution >= 0.6 is 12.8 Å². The molecule has 1 N–H and O–H groups in total. The first kappa shape index (κ1) is 26.1. The summed E-state index contributed by atoms with van der Waals surface area (Å²) in [5, 5.41) is 8.50. The maximum absolute atomic E-state index is 11.8. The van der Waals surface area contributed by atoms with Gasteiger partial charge in [0, 0.05) is 37.4 Å². The fraction of sp³-hybridized carbons (Fsp3) is 0.565. The number of rotatable bonds is 11. The molecule has 1 fully saturated rings. The van der Waals surface area contributed by atoms with E-state index < -0.39 is 18.5 Å². The van der Waals surface area contributed by atoms with E-state index in [9.17, 15) is 9.59 Å². The number of benzene rings is 1. The Hall–Kier alpha value is -2.47. The maximum atomic E-state index is 11.8. The van der Waals surface area contributed by atoms with E-state index in [0.29, 0.717) is 26.0 Å². The van der Waals surface area contributed by atoms with E-state index in [4.69, 9.17) is 14.2 Å². The molecule has 5 atom stereocenters. The lowest BCUT2D eigenvalue weighted by Crippen LogP contribution is -2.53. The molecule has 0 bridgehead atoms. The Morgan fingerprint density at radius 2 is 1.94 bits per heavy atom. The van der Waals surface area contributed by atoms with E-state index in [1.807, 2.05) is 50.4 Å². The van der Waals surface area contributed by atoms with E-state index in [1.165, 1.54) is 6.92 Å². The van der Waals surface area contributed by atoms with Crippen molar-refractivity contribution in [3.63, 3.8) is 0 Å². The third-order valence-corrected chi connectivity index (χ3v) is 6.04. The van der Waals surface area contributed by atoms with Gasteiger partial charge in [-0.1, -0.05) is 67.1 Å². The second-order valence-corrected chi connectivity index (χ2v) is 8.60. The van der Waals surface area contributed by atoms with E-state index >= 15 is 0 Å². The number of unbranched alkanes of at least 4 members (excludes halogenated alkanes) is 1. The number of ether oxygens (including phenoxy) is 3. The summed E-state index contributed by atoms with van der Waals surface area (Å²) in [4.78, 5) is 29.8. The van der Waals surface area contributed by atoms with E-state index in [-0.39, 0.29) is 30.2 Å². The van der Waals surface area contributed by atoms with Crippen LogP contribution in [0.5, 0.6) is 0 Å². The van der Waals surface area contributed by atoms with Crippen molar-refractivity contribution in [2.45, 2.75) is 65.1 Å². The first-order valence-electron chi connectivity index (χ1n) is 11.4. The first-order chi connectivity index (χ1) is 16.4. The number of hydrogen-bond acceptors (Lipinski definition) is 10. The molecule has 3 rings (SSSR count). The molecule has 10 nitrogen and oxygen atoms in total. The second-order valence-electron chi connectivity index (χ2n) is 8.42. The molecule has 0 amide bonds. The van der Waals surface area contributed by atoms with Gasteiger partial charge in [-0.25, -0.2) is 4.68 Å². The third-order valence-electron chi connectivity index (χ3n) is 5.95. The van der Waals surface area contributed by atoms with Crippen LogP contribution < -0.4 is 4.89 Å². The molecule has 186 valence electrons. The summed E-state index contributed by atoms with van der Waals surface area (Å²) in [5.74, 6) is -0.739. The molecule has 1 aliphatic heterocycles. The number of nitrogens with one attached hydrogen (secondary N) is 1. The SMILES string of the molecule is CC(=O)O[C@H]1C(Cn2cc(-c3ccccc3)nn2)OC(OCCCCC(=O)ONS)C(C)[C@H]1C. The molecule has 34 heavy (non-hydrogen) atoms. The summed E-state index contributed by atoms with van der Waals surface area (Å²) in [6, 6.07) is 9.77. The van der Waals surface area contributed by atoms with Crippen LogP contribution in [0.1, 0.15) is 40.0 Å². The quantitative estimate of drug-likeness (QED) is 0.211. The monoisotopic (exact) mass is 492 g/mol. The largest absolute Gasteiger partial charge is 0.459 e. The number of esters is 1. The van der Waals surface area contributed by atoms with Gasteiger partial charge in [-0.15, -0.1) is 5.10 Å². The Morgan fingerprint density at radius 1 is 1.18 bits per heavy atom. The van der Waals surface area contributed by atoms with Crippen LogP contribution in [-0.4, -0.2) is 52.0 Å². The van der Waals surface area contributed by atoms with E-state index in [2.05, 4.69) is 32.8 Å². The highest BCUT2D eigenvalue weighted by molar-refractivity contribution is 7.77. The minimum Gasteiger partial charge on any atom is -0.459 e. The van der Waals surface area contributed by atoms with E-state index in [1.54, 1.807) is 4.68 Å². The number of carbonyl (C=O) groups excluding carboxylic acids is 2.